The Kier molecular flexibility index (Phi) is 45.4. The van der Waals surface area contributed by atoms with Crippen LogP contribution in [0.15, 0.2) is 60.8 Å². The molecule has 0 aromatic carbocycles. The minimum absolute atomic E-state index is 0.0305. The molecule has 0 bridgehead atoms. The molecule has 1 rings (SSSR count). The smallest absolute Gasteiger partial charge is 0.305 e. The van der Waals surface area contributed by atoms with Crippen molar-refractivity contribution in [3.05, 3.63) is 60.8 Å². The molecule has 1 amide bonds. The fourth-order valence-electron chi connectivity index (χ4n) is 8.47. The molecule has 11 heteroatoms. The fourth-order valence-corrected chi connectivity index (χ4v) is 8.47. The van der Waals surface area contributed by atoms with Crippen LogP contribution in [0.1, 0.15) is 239 Å². The van der Waals surface area contributed by atoms with Crippen LogP contribution in [-0.2, 0) is 23.8 Å². The van der Waals surface area contributed by atoms with Gasteiger partial charge in [-0.2, -0.15) is 0 Å². The summed E-state index contributed by atoms with van der Waals surface area (Å²) in [5, 5.41) is 54.1. The number of unbranched alkanes of at least 4 members (excludes halogenated alkanes) is 26. The molecule has 70 heavy (non-hydrogen) atoms. The molecule has 1 saturated heterocycles. The standard InChI is InChI=1S/C59H105NO10/c1-3-5-7-9-11-13-14-15-16-17-21-24-27-31-35-39-43-47-55(64)68-48-44-40-36-32-28-25-22-19-18-20-23-26-30-34-38-42-46-54(63)60-51(52(62)45-41-37-33-29-12-10-8-6-4-2)50-69-59-58(67)57(66)56(65)53(49-61)70-59/h11-13,15-16,18,20,29,41,45,51-53,56-59,61-62,65-67H,3-10,14,17,19,21-28,30-40,42-44,46-50H2,1-2H3,(H,60,63)/b13-11-,16-15-,20-18-,29-12+,45-41+. The first kappa shape index (κ1) is 65.4. The predicted molar refractivity (Wildman–Crippen MR) is 287 cm³/mol. The lowest BCUT2D eigenvalue weighted by Gasteiger charge is -2.40. The number of ether oxygens (including phenoxy) is 3. The number of rotatable bonds is 48. The zero-order valence-electron chi connectivity index (χ0n) is 44.5. The van der Waals surface area contributed by atoms with Crippen LogP contribution in [0.4, 0.5) is 0 Å². The van der Waals surface area contributed by atoms with E-state index in [4.69, 9.17) is 14.2 Å². The lowest BCUT2D eigenvalue weighted by molar-refractivity contribution is -0.302. The maximum Gasteiger partial charge on any atom is 0.305 e. The summed E-state index contributed by atoms with van der Waals surface area (Å²) in [5.41, 5.74) is 0. The Morgan fingerprint density at radius 1 is 0.529 bits per heavy atom. The van der Waals surface area contributed by atoms with E-state index in [1.54, 1.807) is 6.08 Å². The minimum Gasteiger partial charge on any atom is -0.466 e. The first-order valence-electron chi connectivity index (χ1n) is 28.6. The zero-order valence-corrected chi connectivity index (χ0v) is 44.5. The van der Waals surface area contributed by atoms with E-state index in [0.29, 0.717) is 19.4 Å². The summed E-state index contributed by atoms with van der Waals surface area (Å²) in [6.07, 6.45) is 51.8. The number of esters is 1. The van der Waals surface area contributed by atoms with Crippen LogP contribution < -0.4 is 5.32 Å². The van der Waals surface area contributed by atoms with Crippen LogP contribution in [0.5, 0.6) is 0 Å². The van der Waals surface area contributed by atoms with Gasteiger partial charge in [0.1, 0.15) is 24.4 Å². The average Bonchev–Trinajstić information content (AvgIpc) is 3.36. The van der Waals surface area contributed by atoms with Crippen molar-refractivity contribution in [1.82, 2.24) is 5.32 Å². The van der Waals surface area contributed by atoms with Crippen LogP contribution in [-0.4, -0.2) is 100 Å². The summed E-state index contributed by atoms with van der Waals surface area (Å²) >= 11 is 0. The largest absolute Gasteiger partial charge is 0.466 e. The maximum atomic E-state index is 13.0. The molecule has 0 radical (unpaired) electrons. The van der Waals surface area contributed by atoms with Crippen molar-refractivity contribution in [1.29, 1.82) is 0 Å². The molecule has 0 aromatic heterocycles. The first-order chi connectivity index (χ1) is 34.2. The Labute approximate surface area is 427 Å². The van der Waals surface area contributed by atoms with Crippen LogP contribution in [0.25, 0.3) is 0 Å². The minimum atomic E-state index is -1.58. The van der Waals surface area contributed by atoms with Crippen LogP contribution in [0, 0.1) is 0 Å². The topological polar surface area (TPSA) is 175 Å². The van der Waals surface area contributed by atoms with E-state index in [0.717, 1.165) is 96.3 Å². The third-order valence-electron chi connectivity index (χ3n) is 13.1. The predicted octanol–water partition coefficient (Wildman–Crippen LogP) is 12.7. The summed E-state index contributed by atoms with van der Waals surface area (Å²) in [6, 6.07) is -0.840. The molecule has 1 aliphatic rings. The zero-order chi connectivity index (χ0) is 51.0. The highest BCUT2D eigenvalue weighted by Gasteiger charge is 2.44. The molecule has 0 spiro atoms. The lowest BCUT2D eigenvalue weighted by Crippen LogP contribution is -2.60. The van der Waals surface area contributed by atoms with Crippen molar-refractivity contribution in [3.8, 4) is 0 Å². The summed E-state index contributed by atoms with van der Waals surface area (Å²) in [7, 11) is 0. The number of aliphatic hydroxyl groups is 5. The number of allylic oxidation sites excluding steroid dienone is 9. The highest BCUT2D eigenvalue weighted by molar-refractivity contribution is 5.76. The van der Waals surface area contributed by atoms with Gasteiger partial charge in [-0.1, -0.05) is 184 Å². The van der Waals surface area contributed by atoms with Gasteiger partial charge in [-0.15, -0.1) is 0 Å². The molecule has 7 atom stereocenters. The van der Waals surface area contributed by atoms with Crippen LogP contribution in [0.2, 0.25) is 0 Å². The van der Waals surface area contributed by atoms with E-state index in [9.17, 15) is 35.1 Å². The van der Waals surface area contributed by atoms with Crippen molar-refractivity contribution in [2.24, 2.45) is 0 Å². The van der Waals surface area contributed by atoms with E-state index in [1.165, 1.54) is 116 Å². The summed E-state index contributed by atoms with van der Waals surface area (Å²) in [5.74, 6) is -0.244. The van der Waals surface area contributed by atoms with Crippen molar-refractivity contribution in [2.75, 3.05) is 19.8 Å². The third kappa shape index (κ3) is 38.0. The number of carbonyl (C=O) groups is 2. The SMILES string of the molecule is CCCCC/C=C\C/C=C\CCCCCCCCCC(=O)OCCCCCCCCC/C=C\CCCCCCCC(=O)NC(COC1OC(CO)C(O)C(O)C1O)C(O)/C=C/CC/C=C/CCCCC. The Morgan fingerprint density at radius 3 is 1.50 bits per heavy atom. The van der Waals surface area contributed by atoms with Gasteiger partial charge in [-0.3, -0.25) is 9.59 Å². The number of hydrogen-bond donors (Lipinski definition) is 6. The molecule has 7 unspecified atom stereocenters. The van der Waals surface area contributed by atoms with Gasteiger partial charge in [0.15, 0.2) is 6.29 Å². The van der Waals surface area contributed by atoms with Crippen molar-refractivity contribution < 1.29 is 49.3 Å². The van der Waals surface area contributed by atoms with Gasteiger partial charge in [0.05, 0.1) is 32.0 Å². The Hall–Kier alpha value is -2.64. The molecular formula is C59H105NO10. The highest BCUT2D eigenvalue weighted by Crippen LogP contribution is 2.23. The van der Waals surface area contributed by atoms with Gasteiger partial charge < -0.3 is 45.1 Å². The van der Waals surface area contributed by atoms with Crippen molar-refractivity contribution in [2.45, 2.75) is 281 Å². The number of hydrogen-bond acceptors (Lipinski definition) is 10. The molecule has 0 saturated carbocycles. The second kappa shape index (κ2) is 48.6. The van der Waals surface area contributed by atoms with Gasteiger partial charge in [-0.05, 0) is 103 Å². The van der Waals surface area contributed by atoms with Crippen molar-refractivity contribution >= 4 is 11.9 Å². The summed E-state index contributed by atoms with van der Waals surface area (Å²) in [4.78, 5) is 25.1. The highest BCUT2D eigenvalue weighted by atomic mass is 16.7. The summed E-state index contributed by atoms with van der Waals surface area (Å²) in [6.45, 7) is 4.19. The van der Waals surface area contributed by atoms with Crippen LogP contribution >= 0.6 is 0 Å². The second-order valence-corrected chi connectivity index (χ2v) is 19.6. The summed E-state index contributed by atoms with van der Waals surface area (Å²) < 4.78 is 16.6. The average molecular weight is 988 g/mol. The molecule has 11 nitrogen and oxygen atoms in total. The van der Waals surface area contributed by atoms with E-state index in [1.807, 2.05) is 6.08 Å². The quantitative estimate of drug-likeness (QED) is 0.0196. The maximum absolute atomic E-state index is 13.0. The number of aliphatic hydroxyl groups excluding tert-OH is 5. The van der Waals surface area contributed by atoms with Gasteiger partial charge in [-0.25, -0.2) is 0 Å². The third-order valence-corrected chi connectivity index (χ3v) is 13.1. The van der Waals surface area contributed by atoms with Crippen molar-refractivity contribution in [3.63, 3.8) is 0 Å². The Morgan fingerprint density at radius 2 is 0.971 bits per heavy atom. The normalized spacial score (nSPS) is 19.7. The molecule has 1 heterocycles. The monoisotopic (exact) mass is 988 g/mol. The van der Waals surface area contributed by atoms with E-state index >= 15 is 0 Å². The Balaban J connectivity index is 2.07. The Bertz CT molecular complexity index is 1350. The van der Waals surface area contributed by atoms with Gasteiger partial charge >= 0.3 is 5.97 Å². The van der Waals surface area contributed by atoms with Gasteiger partial charge in [0.25, 0.3) is 0 Å². The number of nitrogens with one attached hydrogen (secondary N) is 1. The molecular weight excluding hydrogens is 883 g/mol. The second-order valence-electron chi connectivity index (χ2n) is 19.6. The molecule has 406 valence electrons. The fraction of sp³-hybridized carbons (Fsp3) is 0.797. The molecule has 1 fully saturated rings. The molecule has 0 aliphatic carbocycles. The van der Waals surface area contributed by atoms with Gasteiger partial charge in [0, 0.05) is 12.8 Å². The van der Waals surface area contributed by atoms with Crippen LogP contribution in [0.3, 0.4) is 0 Å². The van der Waals surface area contributed by atoms with Gasteiger partial charge in [0.2, 0.25) is 5.91 Å². The van der Waals surface area contributed by atoms with E-state index in [2.05, 4.69) is 67.8 Å². The molecule has 0 aromatic rings. The number of amides is 1. The molecule has 1 aliphatic heterocycles. The lowest BCUT2D eigenvalue weighted by atomic mass is 9.99. The van der Waals surface area contributed by atoms with E-state index in [-0.39, 0.29) is 18.5 Å². The van der Waals surface area contributed by atoms with E-state index < -0.39 is 49.5 Å². The first-order valence-corrected chi connectivity index (χ1v) is 28.6. The number of carbonyl (C=O) groups excluding carboxylic acids is 2. The molecule has 6 N–H and O–H groups in total.